The van der Waals surface area contributed by atoms with Gasteiger partial charge in [-0.2, -0.15) is 4.98 Å². The van der Waals surface area contributed by atoms with E-state index in [9.17, 15) is 5.11 Å². The van der Waals surface area contributed by atoms with Crippen molar-refractivity contribution < 1.29 is 9.63 Å². The van der Waals surface area contributed by atoms with Crippen molar-refractivity contribution in [2.24, 2.45) is 0 Å². The topological polar surface area (TPSA) is 72.0 Å². The van der Waals surface area contributed by atoms with Crippen molar-refractivity contribution in [3.8, 4) is 5.75 Å². The number of benzene rings is 1. The molecular weight excluding hydrogens is 274 g/mol. The molecule has 2 heterocycles. The van der Waals surface area contributed by atoms with Crippen molar-refractivity contribution in [2.75, 3.05) is 0 Å². The second kappa shape index (κ2) is 5.42. The lowest BCUT2D eigenvalue weighted by Crippen LogP contribution is -1.92. The minimum absolute atomic E-state index is 0.249. The Hall–Kier alpha value is -2.21. The summed E-state index contributed by atoms with van der Waals surface area (Å²) in [6.07, 6.45) is 1.15. The number of nitrogens with zero attached hydrogens (tertiary/aromatic N) is 3. The lowest BCUT2D eigenvalue weighted by atomic mass is 10.1. The molecule has 0 saturated heterocycles. The van der Waals surface area contributed by atoms with E-state index in [4.69, 9.17) is 4.52 Å². The van der Waals surface area contributed by atoms with E-state index in [1.54, 1.807) is 23.5 Å². The van der Waals surface area contributed by atoms with Crippen LogP contribution < -0.4 is 0 Å². The first-order valence-electron chi connectivity index (χ1n) is 6.19. The number of aromatic hydroxyl groups is 1. The standard InChI is InChI=1S/C14H13N3O2S/c1-9-8-20-14(15-9)7-12-16-13(19-17-12)6-10-2-4-11(18)5-3-10/h2-5,8,18H,6-7H2,1H3. The van der Waals surface area contributed by atoms with E-state index in [1.807, 2.05) is 24.4 Å². The fourth-order valence-electron chi connectivity index (χ4n) is 1.84. The van der Waals surface area contributed by atoms with E-state index < -0.39 is 0 Å². The number of rotatable bonds is 4. The van der Waals surface area contributed by atoms with Gasteiger partial charge in [-0.3, -0.25) is 0 Å². The van der Waals surface area contributed by atoms with Gasteiger partial charge >= 0.3 is 0 Å². The van der Waals surface area contributed by atoms with Crippen LogP contribution >= 0.6 is 11.3 Å². The molecule has 3 aromatic rings. The molecule has 20 heavy (non-hydrogen) atoms. The summed E-state index contributed by atoms with van der Waals surface area (Å²) in [5.74, 6) is 1.46. The molecule has 0 atom stereocenters. The van der Waals surface area contributed by atoms with E-state index in [0.717, 1.165) is 16.3 Å². The molecule has 3 rings (SSSR count). The van der Waals surface area contributed by atoms with Crippen LogP contribution in [-0.4, -0.2) is 20.2 Å². The van der Waals surface area contributed by atoms with Crippen molar-refractivity contribution in [2.45, 2.75) is 19.8 Å². The fraction of sp³-hybridized carbons (Fsp3) is 0.214. The van der Waals surface area contributed by atoms with Crippen molar-refractivity contribution in [3.63, 3.8) is 0 Å². The summed E-state index contributed by atoms with van der Waals surface area (Å²) in [4.78, 5) is 8.74. The molecule has 0 aliphatic heterocycles. The van der Waals surface area contributed by atoms with Gasteiger partial charge in [0.1, 0.15) is 10.8 Å². The van der Waals surface area contributed by atoms with Crippen LogP contribution in [0.5, 0.6) is 5.75 Å². The smallest absolute Gasteiger partial charge is 0.231 e. The Balaban J connectivity index is 1.68. The second-order valence-corrected chi connectivity index (χ2v) is 5.45. The highest BCUT2D eigenvalue weighted by Gasteiger charge is 2.09. The van der Waals surface area contributed by atoms with Crippen molar-refractivity contribution in [1.82, 2.24) is 15.1 Å². The highest BCUT2D eigenvalue weighted by Crippen LogP contribution is 2.15. The van der Waals surface area contributed by atoms with Crippen molar-refractivity contribution >= 4 is 11.3 Å². The number of aryl methyl sites for hydroxylation is 1. The van der Waals surface area contributed by atoms with Gasteiger partial charge in [0.2, 0.25) is 5.89 Å². The summed E-state index contributed by atoms with van der Waals surface area (Å²) in [5, 5.41) is 16.2. The summed E-state index contributed by atoms with van der Waals surface area (Å²) in [6.45, 7) is 1.96. The molecular formula is C14H13N3O2S. The van der Waals surface area contributed by atoms with Gasteiger partial charge in [0.15, 0.2) is 5.82 Å². The molecule has 0 unspecified atom stereocenters. The number of phenols is 1. The zero-order valence-corrected chi connectivity index (χ0v) is 11.7. The molecule has 0 aliphatic rings. The first-order chi connectivity index (χ1) is 9.69. The van der Waals surface area contributed by atoms with Crippen LogP contribution in [0.1, 0.15) is 28.0 Å². The Labute approximate surface area is 119 Å². The highest BCUT2D eigenvalue weighted by atomic mass is 32.1. The molecule has 0 radical (unpaired) electrons. The lowest BCUT2D eigenvalue weighted by Gasteiger charge is -1.96. The molecule has 0 aliphatic carbocycles. The van der Waals surface area contributed by atoms with Crippen LogP contribution in [0.2, 0.25) is 0 Å². The normalized spacial score (nSPS) is 10.8. The molecule has 1 aromatic carbocycles. The minimum atomic E-state index is 0.249. The maximum absolute atomic E-state index is 9.24. The fourth-order valence-corrected chi connectivity index (χ4v) is 2.61. The highest BCUT2D eigenvalue weighted by molar-refractivity contribution is 7.09. The van der Waals surface area contributed by atoms with Gasteiger partial charge in [-0.05, 0) is 24.6 Å². The van der Waals surface area contributed by atoms with E-state index in [2.05, 4.69) is 15.1 Å². The average molecular weight is 287 g/mol. The Morgan fingerprint density at radius 3 is 2.65 bits per heavy atom. The molecule has 2 aromatic heterocycles. The predicted molar refractivity (Wildman–Crippen MR) is 74.9 cm³/mol. The van der Waals surface area contributed by atoms with Gasteiger partial charge in [-0.25, -0.2) is 4.98 Å². The number of hydrogen-bond donors (Lipinski definition) is 1. The molecule has 102 valence electrons. The van der Waals surface area contributed by atoms with Gasteiger partial charge in [0.05, 0.1) is 12.8 Å². The average Bonchev–Trinajstić information content (AvgIpc) is 3.02. The molecule has 0 fully saturated rings. The maximum atomic E-state index is 9.24. The third-order valence-corrected chi connectivity index (χ3v) is 3.74. The quantitative estimate of drug-likeness (QED) is 0.798. The largest absolute Gasteiger partial charge is 0.508 e. The molecule has 6 heteroatoms. The van der Waals surface area contributed by atoms with Crippen LogP contribution in [0.4, 0.5) is 0 Å². The number of thiazole rings is 1. The van der Waals surface area contributed by atoms with Gasteiger partial charge in [0, 0.05) is 11.1 Å². The molecule has 5 nitrogen and oxygen atoms in total. The summed E-state index contributed by atoms with van der Waals surface area (Å²) in [5.41, 5.74) is 2.03. The minimum Gasteiger partial charge on any atom is -0.508 e. The summed E-state index contributed by atoms with van der Waals surface area (Å²) in [6, 6.07) is 6.96. The lowest BCUT2D eigenvalue weighted by molar-refractivity contribution is 0.380. The van der Waals surface area contributed by atoms with E-state index in [1.165, 1.54) is 0 Å². The summed E-state index contributed by atoms with van der Waals surface area (Å²) in [7, 11) is 0. The number of aromatic nitrogens is 3. The predicted octanol–water partition coefficient (Wildman–Crippen LogP) is 2.72. The van der Waals surface area contributed by atoms with Crippen LogP contribution in [-0.2, 0) is 12.8 Å². The first-order valence-corrected chi connectivity index (χ1v) is 7.07. The SMILES string of the molecule is Cc1csc(Cc2noc(Cc3ccc(O)cc3)n2)n1. The van der Waals surface area contributed by atoms with Gasteiger partial charge < -0.3 is 9.63 Å². The van der Waals surface area contributed by atoms with E-state index in [-0.39, 0.29) is 5.75 Å². The Morgan fingerprint density at radius 2 is 1.95 bits per heavy atom. The van der Waals surface area contributed by atoms with Crippen LogP contribution in [0.3, 0.4) is 0 Å². The Kier molecular flexibility index (Phi) is 3.47. The maximum Gasteiger partial charge on any atom is 0.231 e. The second-order valence-electron chi connectivity index (χ2n) is 4.51. The monoisotopic (exact) mass is 287 g/mol. The third kappa shape index (κ3) is 3.03. The Morgan fingerprint density at radius 1 is 1.15 bits per heavy atom. The molecule has 0 amide bonds. The van der Waals surface area contributed by atoms with Gasteiger partial charge in [0.25, 0.3) is 0 Å². The molecule has 0 saturated carbocycles. The van der Waals surface area contributed by atoms with Gasteiger partial charge in [-0.1, -0.05) is 17.3 Å². The molecule has 1 N–H and O–H groups in total. The number of phenolic OH excluding ortho intramolecular Hbond substituents is 1. The summed E-state index contributed by atoms with van der Waals surface area (Å²) >= 11 is 1.60. The van der Waals surface area contributed by atoms with Crippen LogP contribution in [0.25, 0.3) is 0 Å². The van der Waals surface area contributed by atoms with Crippen LogP contribution in [0.15, 0.2) is 34.2 Å². The van der Waals surface area contributed by atoms with Crippen molar-refractivity contribution in [3.05, 3.63) is 57.6 Å². The first kappa shape index (κ1) is 12.8. The summed E-state index contributed by atoms with van der Waals surface area (Å²) < 4.78 is 5.23. The molecule has 0 spiro atoms. The van der Waals surface area contributed by atoms with E-state index in [0.29, 0.717) is 24.6 Å². The third-order valence-electron chi connectivity index (χ3n) is 2.78. The van der Waals surface area contributed by atoms with Gasteiger partial charge in [-0.15, -0.1) is 11.3 Å². The molecule has 0 bridgehead atoms. The van der Waals surface area contributed by atoms with Crippen molar-refractivity contribution in [1.29, 1.82) is 0 Å². The van der Waals surface area contributed by atoms with E-state index >= 15 is 0 Å². The zero-order valence-electron chi connectivity index (χ0n) is 10.9. The number of hydrogen-bond acceptors (Lipinski definition) is 6. The van der Waals surface area contributed by atoms with Crippen LogP contribution in [0, 0.1) is 6.92 Å². The Bertz CT molecular complexity index is 703. The zero-order chi connectivity index (χ0) is 13.9.